The van der Waals surface area contributed by atoms with Gasteiger partial charge in [0, 0.05) is 12.3 Å². The summed E-state index contributed by atoms with van der Waals surface area (Å²) in [4.78, 5) is 4.79. The molecule has 0 amide bonds. The lowest BCUT2D eigenvalue weighted by Crippen LogP contribution is -2.05. The SMILES string of the molecule is CC(C)Cn1c(SCc2ccc(C#N)cc2)nc2ccccc21. The van der Waals surface area contributed by atoms with Gasteiger partial charge < -0.3 is 4.57 Å². The number of nitriles is 1. The maximum Gasteiger partial charge on any atom is 0.169 e. The van der Waals surface area contributed by atoms with Gasteiger partial charge in [-0.1, -0.05) is 49.9 Å². The van der Waals surface area contributed by atoms with Gasteiger partial charge in [0.2, 0.25) is 0 Å². The van der Waals surface area contributed by atoms with Crippen LogP contribution in [-0.4, -0.2) is 9.55 Å². The van der Waals surface area contributed by atoms with Crippen LogP contribution in [0.1, 0.15) is 25.0 Å². The normalized spacial score (nSPS) is 11.0. The van der Waals surface area contributed by atoms with Crippen LogP contribution in [0.15, 0.2) is 53.7 Å². The van der Waals surface area contributed by atoms with Crippen LogP contribution in [0.2, 0.25) is 0 Å². The monoisotopic (exact) mass is 321 g/mol. The second kappa shape index (κ2) is 6.89. The van der Waals surface area contributed by atoms with Crippen LogP contribution in [0, 0.1) is 17.2 Å². The van der Waals surface area contributed by atoms with Crippen LogP contribution in [0.25, 0.3) is 11.0 Å². The predicted octanol–water partition coefficient (Wildman–Crippen LogP) is 4.86. The molecule has 3 aromatic rings. The fourth-order valence-corrected chi connectivity index (χ4v) is 3.51. The highest BCUT2D eigenvalue weighted by Crippen LogP contribution is 2.27. The van der Waals surface area contributed by atoms with Gasteiger partial charge in [0.05, 0.1) is 22.7 Å². The second-order valence-corrected chi connectivity index (χ2v) is 6.93. The van der Waals surface area contributed by atoms with Gasteiger partial charge in [-0.2, -0.15) is 5.26 Å². The smallest absolute Gasteiger partial charge is 0.169 e. The van der Waals surface area contributed by atoms with Crippen LogP contribution >= 0.6 is 11.8 Å². The van der Waals surface area contributed by atoms with Gasteiger partial charge in [0.1, 0.15) is 0 Å². The molecule has 0 unspecified atom stereocenters. The average molecular weight is 321 g/mol. The number of rotatable bonds is 5. The maximum atomic E-state index is 8.87. The third-order valence-corrected chi connectivity index (χ3v) is 4.67. The third-order valence-electron chi connectivity index (χ3n) is 3.62. The summed E-state index contributed by atoms with van der Waals surface area (Å²) in [6, 6.07) is 18.2. The highest BCUT2D eigenvalue weighted by atomic mass is 32.2. The summed E-state index contributed by atoms with van der Waals surface area (Å²) in [6.07, 6.45) is 0. The van der Waals surface area contributed by atoms with Crippen molar-refractivity contribution in [2.24, 2.45) is 5.92 Å². The lowest BCUT2D eigenvalue weighted by molar-refractivity contribution is 0.505. The number of thioether (sulfide) groups is 1. The Hall–Kier alpha value is -2.25. The molecule has 0 aliphatic heterocycles. The van der Waals surface area contributed by atoms with Gasteiger partial charge in [-0.25, -0.2) is 4.98 Å². The molecule has 0 atom stereocenters. The van der Waals surface area contributed by atoms with Crippen LogP contribution in [0.3, 0.4) is 0 Å². The molecule has 0 radical (unpaired) electrons. The molecule has 23 heavy (non-hydrogen) atoms. The van der Waals surface area contributed by atoms with Gasteiger partial charge >= 0.3 is 0 Å². The van der Waals surface area contributed by atoms with Crippen molar-refractivity contribution in [1.82, 2.24) is 9.55 Å². The molecule has 0 bridgehead atoms. The van der Waals surface area contributed by atoms with E-state index in [2.05, 4.69) is 42.7 Å². The minimum absolute atomic E-state index is 0.571. The first kappa shape index (κ1) is 15.6. The zero-order valence-electron chi connectivity index (χ0n) is 13.4. The summed E-state index contributed by atoms with van der Waals surface area (Å²) in [6.45, 7) is 5.42. The molecular weight excluding hydrogens is 302 g/mol. The molecule has 116 valence electrons. The molecule has 0 spiro atoms. The molecule has 1 aromatic heterocycles. The maximum absolute atomic E-state index is 8.87. The molecule has 0 N–H and O–H groups in total. The van der Waals surface area contributed by atoms with Crippen molar-refractivity contribution >= 4 is 22.8 Å². The number of hydrogen-bond donors (Lipinski definition) is 0. The molecule has 0 aliphatic carbocycles. The first-order valence-electron chi connectivity index (χ1n) is 7.74. The van der Waals surface area contributed by atoms with Crippen LogP contribution < -0.4 is 0 Å². The van der Waals surface area contributed by atoms with E-state index >= 15 is 0 Å². The quantitative estimate of drug-likeness (QED) is 0.630. The average Bonchev–Trinajstić information content (AvgIpc) is 2.91. The van der Waals surface area contributed by atoms with Crippen molar-refractivity contribution in [3.05, 3.63) is 59.7 Å². The summed E-state index contributed by atoms with van der Waals surface area (Å²) in [5.41, 5.74) is 4.15. The van der Waals surface area contributed by atoms with Crippen LogP contribution in [0.5, 0.6) is 0 Å². The van der Waals surface area contributed by atoms with Crippen molar-refractivity contribution in [3.63, 3.8) is 0 Å². The minimum Gasteiger partial charge on any atom is -0.319 e. The number of benzene rings is 2. The number of nitrogens with zero attached hydrogens (tertiary/aromatic N) is 3. The van der Waals surface area contributed by atoms with Crippen molar-refractivity contribution in [1.29, 1.82) is 5.26 Å². The molecule has 3 rings (SSSR count). The third kappa shape index (κ3) is 3.57. The number of para-hydroxylation sites is 2. The Bertz CT molecular complexity index is 841. The second-order valence-electron chi connectivity index (χ2n) is 5.98. The van der Waals surface area contributed by atoms with Gasteiger partial charge in [-0.05, 0) is 35.7 Å². The molecule has 0 saturated heterocycles. The fraction of sp³-hybridized carbons (Fsp3) is 0.263. The lowest BCUT2D eigenvalue weighted by Gasteiger charge is -2.11. The Kier molecular flexibility index (Phi) is 4.68. The predicted molar refractivity (Wildman–Crippen MR) is 95.3 cm³/mol. The van der Waals surface area contributed by atoms with Crippen LogP contribution in [-0.2, 0) is 12.3 Å². The van der Waals surface area contributed by atoms with Crippen LogP contribution in [0.4, 0.5) is 0 Å². The van der Waals surface area contributed by atoms with E-state index in [1.165, 1.54) is 11.1 Å². The van der Waals surface area contributed by atoms with E-state index in [0.717, 1.165) is 23.0 Å². The summed E-state index contributed by atoms with van der Waals surface area (Å²) in [5, 5.41) is 9.93. The molecule has 4 heteroatoms. The van der Waals surface area contributed by atoms with Crippen molar-refractivity contribution in [3.8, 4) is 6.07 Å². The number of fused-ring (bicyclic) bond motifs is 1. The van der Waals surface area contributed by atoms with E-state index in [1.807, 2.05) is 30.3 Å². The Morgan fingerprint density at radius 1 is 1.13 bits per heavy atom. The van der Waals surface area contributed by atoms with E-state index in [-0.39, 0.29) is 0 Å². The number of hydrogen-bond acceptors (Lipinski definition) is 3. The fourth-order valence-electron chi connectivity index (χ4n) is 2.53. The van der Waals surface area contributed by atoms with E-state index in [0.29, 0.717) is 11.5 Å². The van der Waals surface area contributed by atoms with Crippen molar-refractivity contribution in [2.75, 3.05) is 0 Å². The van der Waals surface area contributed by atoms with Gasteiger partial charge in [0.15, 0.2) is 5.16 Å². The Morgan fingerprint density at radius 2 is 1.87 bits per heavy atom. The Labute approximate surface area is 141 Å². The van der Waals surface area contributed by atoms with E-state index in [1.54, 1.807) is 11.8 Å². The molecule has 1 heterocycles. The molecule has 2 aromatic carbocycles. The molecule has 0 saturated carbocycles. The molecule has 3 nitrogen and oxygen atoms in total. The van der Waals surface area contributed by atoms with E-state index in [9.17, 15) is 0 Å². The Morgan fingerprint density at radius 3 is 2.57 bits per heavy atom. The van der Waals surface area contributed by atoms with E-state index in [4.69, 9.17) is 10.2 Å². The molecule has 0 aliphatic rings. The molecular formula is C19H19N3S. The zero-order chi connectivity index (χ0) is 16.2. The lowest BCUT2D eigenvalue weighted by atomic mass is 10.2. The van der Waals surface area contributed by atoms with E-state index < -0.39 is 0 Å². The minimum atomic E-state index is 0.571. The number of imidazole rings is 1. The highest BCUT2D eigenvalue weighted by molar-refractivity contribution is 7.98. The van der Waals surface area contributed by atoms with Crippen molar-refractivity contribution < 1.29 is 0 Å². The first-order chi connectivity index (χ1) is 11.2. The van der Waals surface area contributed by atoms with Gasteiger partial charge in [-0.3, -0.25) is 0 Å². The first-order valence-corrected chi connectivity index (χ1v) is 8.73. The standard InChI is InChI=1S/C19H19N3S/c1-14(2)12-22-18-6-4-3-5-17(18)21-19(22)23-13-16-9-7-15(11-20)8-10-16/h3-10,14H,12-13H2,1-2H3. The summed E-state index contributed by atoms with van der Waals surface area (Å²) in [7, 11) is 0. The van der Waals surface area contributed by atoms with Gasteiger partial charge in [-0.15, -0.1) is 0 Å². The summed E-state index contributed by atoms with van der Waals surface area (Å²) >= 11 is 1.75. The topological polar surface area (TPSA) is 41.6 Å². The Balaban J connectivity index is 1.85. The highest BCUT2D eigenvalue weighted by Gasteiger charge is 2.12. The summed E-state index contributed by atoms with van der Waals surface area (Å²) < 4.78 is 2.31. The molecule has 0 fully saturated rings. The largest absolute Gasteiger partial charge is 0.319 e. The van der Waals surface area contributed by atoms with Crippen molar-refractivity contribution in [2.45, 2.75) is 31.3 Å². The number of aromatic nitrogens is 2. The van der Waals surface area contributed by atoms with Gasteiger partial charge in [0.25, 0.3) is 0 Å². The summed E-state index contributed by atoms with van der Waals surface area (Å²) in [5.74, 6) is 1.43. The zero-order valence-corrected chi connectivity index (χ0v) is 14.2.